The topological polar surface area (TPSA) is 91.0 Å². The summed E-state index contributed by atoms with van der Waals surface area (Å²) < 4.78 is 13.9. The van der Waals surface area contributed by atoms with Crippen LogP contribution in [0.3, 0.4) is 0 Å². The quantitative estimate of drug-likeness (QED) is 0.342. The molecular weight excluding hydrogens is 275 g/mol. The average molecular weight is 294 g/mol. The SMILES string of the molecule is NC(=NO)c1ccc(CNC(=O)N2CCCCC2)c(F)c1. The third kappa shape index (κ3) is 3.84. The molecule has 0 bridgehead atoms. The number of halogens is 1. The Kier molecular flexibility index (Phi) is 4.97. The normalized spacial score (nSPS) is 15.9. The molecule has 1 aliphatic heterocycles. The molecule has 0 unspecified atom stereocenters. The van der Waals surface area contributed by atoms with Crippen LogP contribution in [0.2, 0.25) is 0 Å². The summed E-state index contributed by atoms with van der Waals surface area (Å²) in [5.74, 6) is -0.657. The Hall–Kier alpha value is -2.31. The zero-order valence-corrected chi connectivity index (χ0v) is 11.7. The van der Waals surface area contributed by atoms with Crippen molar-refractivity contribution in [2.45, 2.75) is 25.8 Å². The minimum Gasteiger partial charge on any atom is -0.409 e. The third-order valence-corrected chi connectivity index (χ3v) is 3.53. The molecule has 0 atom stereocenters. The van der Waals surface area contributed by atoms with E-state index in [0.717, 1.165) is 32.4 Å². The predicted octanol–water partition coefficient (Wildman–Crippen LogP) is 1.62. The molecule has 1 saturated heterocycles. The molecule has 1 aromatic rings. The maximum Gasteiger partial charge on any atom is 0.317 e. The molecule has 1 heterocycles. The minimum atomic E-state index is -0.502. The van der Waals surface area contributed by atoms with Gasteiger partial charge in [0, 0.05) is 30.8 Å². The van der Waals surface area contributed by atoms with Gasteiger partial charge in [0.25, 0.3) is 0 Å². The Morgan fingerprint density at radius 1 is 1.38 bits per heavy atom. The molecule has 4 N–H and O–H groups in total. The van der Waals surface area contributed by atoms with Crippen LogP contribution in [-0.2, 0) is 6.54 Å². The largest absolute Gasteiger partial charge is 0.409 e. The van der Waals surface area contributed by atoms with Gasteiger partial charge in [-0.1, -0.05) is 17.3 Å². The average Bonchev–Trinajstić information content (AvgIpc) is 2.53. The molecule has 7 heteroatoms. The van der Waals surface area contributed by atoms with Crippen molar-refractivity contribution in [3.63, 3.8) is 0 Å². The molecule has 114 valence electrons. The number of amidine groups is 1. The Morgan fingerprint density at radius 2 is 2.10 bits per heavy atom. The number of carbonyl (C=O) groups is 1. The highest BCUT2D eigenvalue weighted by molar-refractivity contribution is 5.97. The smallest absolute Gasteiger partial charge is 0.317 e. The maximum atomic E-state index is 13.9. The van der Waals surface area contributed by atoms with Gasteiger partial charge in [-0.3, -0.25) is 0 Å². The van der Waals surface area contributed by atoms with Crippen LogP contribution in [0.15, 0.2) is 23.4 Å². The van der Waals surface area contributed by atoms with Gasteiger partial charge in [-0.15, -0.1) is 0 Å². The minimum absolute atomic E-state index is 0.109. The van der Waals surface area contributed by atoms with Crippen LogP contribution in [-0.4, -0.2) is 35.1 Å². The first-order valence-electron chi connectivity index (χ1n) is 6.91. The van der Waals surface area contributed by atoms with Crippen molar-refractivity contribution in [1.82, 2.24) is 10.2 Å². The Balaban J connectivity index is 1.95. The molecule has 1 aromatic carbocycles. The van der Waals surface area contributed by atoms with Crippen LogP contribution < -0.4 is 11.1 Å². The summed E-state index contributed by atoms with van der Waals surface area (Å²) in [6.07, 6.45) is 3.17. The maximum absolute atomic E-state index is 13.9. The highest BCUT2D eigenvalue weighted by Crippen LogP contribution is 2.12. The van der Waals surface area contributed by atoms with Gasteiger partial charge in [-0.2, -0.15) is 0 Å². The predicted molar refractivity (Wildman–Crippen MR) is 76.6 cm³/mol. The molecule has 6 nitrogen and oxygen atoms in total. The first kappa shape index (κ1) is 15.1. The number of nitrogens with zero attached hydrogens (tertiary/aromatic N) is 2. The molecule has 2 amide bonds. The van der Waals surface area contributed by atoms with Crippen LogP contribution in [0.4, 0.5) is 9.18 Å². The number of hydrogen-bond donors (Lipinski definition) is 3. The van der Waals surface area contributed by atoms with Crippen molar-refractivity contribution in [2.24, 2.45) is 10.9 Å². The fourth-order valence-corrected chi connectivity index (χ4v) is 2.29. The first-order chi connectivity index (χ1) is 10.1. The molecule has 0 radical (unpaired) electrons. The number of rotatable bonds is 3. The molecule has 0 spiro atoms. The molecule has 0 saturated carbocycles. The van der Waals surface area contributed by atoms with Crippen LogP contribution in [0.1, 0.15) is 30.4 Å². The van der Waals surface area contributed by atoms with E-state index < -0.39 is 5.82 Å². The molecule has 2 rings (SSSR count). The van der Waals surface area contributed by atoms with E-state index in [2.05, 4.69) is 10.5 Å². The van der Waals surface area contributed by atoms with E-state index in [4.69, 9.17) is 10.9 Å². The van der Waals surface area contributed by atoms with E-state index in [1.165, 1.54) is 12.1 Å². The lowest BCUT2D eigenvalue weighted by atomic mass is 10.1. The second-order valence-electron chi connectivity index (χ2n) is 5.00. The lowest BCUT2D eigenvalue weighted by Crippen LogP contribution is -2.42. The summed E-state index contributed by atoms with van der Waals surface area (Å²) in [5.41, 5.74) is 6.04. The number of amides is 2. The highest BCUT2D eigenvalue weighted by Gasteiger charge is 2.16. The lowest BCUT2D eigenvalue weighted by molar-refractivity contribution is 0.186. The van der Waals surface area contributed by atoms with Crippen molar-refractivity contribution in [1.29, 1.82) is 0 Å². The second kappa shape index (κ2) is 6.92. The van der Waals surface area contributed by atoms with Crippen LogP contribution in [0.5, 0.6) is 0 Å². The zero-order chi connectivity index (χ0) is 15.2. The number of hydrogen-bond acceptors (Lipinski definition) is 3. The summed E-state index contributed by atoms with van der Waals surface area (Å²) in [5, 5.41) is 14.1. The van der Waals surface area contributed by atoms with Gasteiger partial charge in [-0.25, -0.2) is 9.18 Å². The van der Waals surface area contributed by atoms with Gasteiger partial charge in [0.05, 0.1) is 0 Å². The van der Waals surface area contributed by atoms with E-state index in [0.29, 0.717) is 11.1 Å². The van der Waals surface area contributed by atoms with Crippen molar-refractivity contribution >= 4 is 11.9 Å². The van der Waals surface area contributed by atoms with Crippen LogP contribution >= 0.6 is 0 Å². The number of carbonyl (C=O) groups excluding carboxylic acids is 1. The fraction of sp³-hybridized carbons (Fsp3) is 0.429. The molecule has 0 aromatic heterocycles. The molecule has 1 aliphatic rings. The highest BCUT2D eigenvalue weighted by atomic mass is 19.1. The van der Waals surface area contributed by atoms with E-state index in [9.17, 15) is 9.18 Å². The van der Waals surface area contributed by atoms with E-state index in [1.807, 2.05) is 0 Å². The van der Waals surface area contributed by atoms with Gasteiger partial charge in [0.2, 0.25) is 0 Å². The van der Waals surface area contributed by atoms with Crippen LogP contribution in [0.25, 0.3) is 0 Å². The number of nitrogens with one attached hydrogen (secondary N) is 1. The van der Waals surface area contributed by atoms with Gasteiger partial charge in [-0.05, 0) is 25.3 Å². The van der Waals surface area contributed by atoms with Gasteiger partial charge < -0.3 is 21.2 Å². The zero-order valence-electron chi connectivity index (χ0n) is 11.7. The first-order valence-corrected chi connectivity index (χ1v) is 6.91. The lowest BCUT2D eigenvalue weighted by Gasteiger charge is -2.26. The van der Waals surface area contributed by atoms with E-state index >= 15 is 0 Å². The third-order valence-electron chi connectivity index (χ3n) is 3.53. The second-order valence-corrected chi connectivity index (χ2v) is 5.00. The molecule has 0 aliphatic carbocycles. The number of urea groups is 1. The van der Waals surface area contributed by atoms with Crippen molar-refractivity contribution in [2.75, 3.05) is 13.1 Å². The number of likely N-dealkylation sites (tertiary alicyclic amines) is 1. The summed E-state index contributed by atoms with van der Waals surface area (Å²) in [4.78, 5) is 13.7. The number of benzene rings is 1. The van der Waals surface area contributed by atoms with E-state index in [1.54, 1.807) is 11.0 Å². The molecule has 21 heavy (non-hydrogen) atoms. The summed E-state index contributed by atoms with van der Waals surface area (Å²) in [7, 11) is 0. The van der Waals surface area contributed by atoms with Crippen molar-refractivity contribution < 1.29 is 14.4 Å². The van der Waals surface area contributed by atoms with Crippen molar-refractivity contribution in [3.05, 3.63) is 35.1 Å². The Bertz CT molecular complexity index is 542. The fourth-order valence-electron chi connectivity index (χ4n) is 2.29. The summed E-state index contributed by atoms with van der Waals surface area (Å²) in [6, 6.07) is 4.06. The van der Waals surface area contributed by atoms with E-state index in [-0.39, 0.29) is 18.4 Å². The van der Waals surface area contributed by atoms with Gasteiger partial charge in [0.15, 0.2) is 5.84 Å². The Morgan fingerprint density at radius 3 is 2.71 bits per heavy atom. The van der Waals surface area contributed by atoms with Gasteiger partial charge in [0.1, 0.15) is 5.82 Å². The summed E-state index contributed by atoms with van der Waals surface area (Å²) in [6.45, 7) is 1.60. The number of oxime groups is 1. The monoisotopic (exact) mass is 294 g/mol. The Labute approximate surface area is 122 Å². The van der Waals surface area contributed by atoms with Crippen LogP contribution in [0, 0.1) is 5.82 Å². The van der Waals surface area contributed by atoms with Gasteiger partial charge >= 0.3 is 6.03 Å². The number of piperidine rings is 1. The summed E-state index contributed by atoms with van der Waals surface area (Å²) >= 11 is 0. The molecular formula is C14H19FN4O2. The molecule has 1 fully saturated rings. The number of nitrogens with two attached hydrogens (primary N) is 1. The van der Waals surface area contributed by atoms with Crippen molar-refractivity contribution in [3.8, 4) is 0 Å². The standard InChI is InChI=1S/C14H19FN4O2/c15-12-8-10(13(16)18-21)4-5-11(12)9-17-14(20)19-6-2-1-3-7-19/h4-5,8,21H,1-3,6-7,9H2,(H2,16,18)(H,17,20).